The maximum atomic E-state index is 11.8. The third-order valence-corrected chi connectivity index (χ3v) is 2.78. The Morgan fingerprint density at radius 3 is 2.72 bits per heavy atom. The van der Waals surface area contributed by atoms with Gasteiger partial charge in [0.1, 0.15) is 0 Å². The highest BCUT2D eigenvalue weighted by Gasteiger charge is 2.13. The van der Waals surface area contributed by atoms with Crippen LogP contribution in [0.25, 0.3) is 0 Å². The minimum absolute atomic E-state index is 0.163. The van der Waals surface area contributed by atoms with Gasteiger partial charge in [-0.15, -0.1) is 0 Å². The van der Waals surface area contributed by atoms with Gasteiger partial charge in [-0.3, -0.25) is 14.3 Å². The molecule has 0 aliphatic heterocycles. The number of carbonyl (C=O) groups is 2. The Morgan fingerprint density at radius 2 is 2.22 bits per heavy atom. The van der Waals surface area contributed by atoms with Crippen molar-refractivity contribution < 1.29 is 14.7 Å². The Bertz CT molecular complexity index is 440. The molecule has 1 rings (SSSR count). The summed E-state index contributed by atoms with van der Waals surface area (Å²) < 4.78 is 1.59. The van der Waals surface area contributed by atoms with Crippen molar-refractivity contribution >= 4 is 11.9 Å². The standard InChI is InChI=1S/C12H19N3O3/c1-8(12(17)18)5-4-6-13-11(16)10-7-15(3)14-9(10)2/h7-8H,4-6H2,1-3H3,(H,13,16)(H,17,18). The van der Waals surface area contributed by atoms with E-state index in [1.54, 1.807) is 31.8 Å². The van der Waals surface area contributed by atoms with E-state index < -0.39 is 5.97 Å². The SMILES string of the molecule is Cc1nn(C)cc1C(=O)NCCCC(C)C(=O)O. The molecule has 1 amide bonds. The number of aliphatic carboxylic acids is 1. The zero-order valence-electron chi connectivity index (χ0n) is 10.9. The molecule has 0 saturated carbocycles. The van der Waals surface area contributed by atoms with Crippen LogP contribution in [0.4, 0.5) is 0 Å². The van der Waals surface area contributed by atoms with Crippen LogP contribution in [0.2, 0.25) is 0 Å². The van der Waals surface area contributed by atoms with Gasteiger partial charge in [-0.25, -0.2) is 0 Å². The van der Waals surface area contributed by atoms with Crippen LogP contribution in [0.3, 0.4) is 0 Å². The molecule has 2 N–H and O–H groups in total. The molecule has 0 aromatic carbocycles. The average molecular weight is 253 g/mol. The summed E-state index contributed by atoms with van der Waals surface area (Å²) in [6.45, 7) is 3.92. The lowest BCUT2D eigenvalue weighted by atomic mass is 10.1. The molecule has 0 radical (unpaired) electrons. The van der Waals surface area contributed by atoms with Gasteiger partial charge in [-0.05, 0) is 19.8 Å². The lowest BCUT2D eigenvalue weighted by Crippen LogP contribution is -2.25. The van der Waals surface area contributed by atoms with Gasteiger partial charge in [-0.1, -0.05) is 6.92 Å². The molecule has 1 unspecified atom stereocenters. The number of amides is 1. The number of carbonyl (C=O) groups excluding carboxylic acids is 1. The molecule has 100 valence electrons. The maximum absolute atomic E-state index is 11.8. The fourth-order valence-corrected chi connectivity index (χ4v) is 1.65. The molecule has 0 aliphatic rings. The largest absolute Gasteiger partial charge is 0.481 e. The highest BCUT2D eigenvalue weighted by Crippen LogP contribution is 2.06. The summed E-state index contributed by atoms with van der Waals surface area (Å²) in [4.78, 5) is 22.4. The van der Waals surface area contributed by atoms with Crippen molar-refractivity contribution in [1.82, 2.24) is 15.1 Å². The molecule has 1 atom stereocenters. The normalized spacial score (nSPS) is 12.2. The lowest BCUT2D eigenvalue weighted by Gasteiger charge is -2.06. The van der Waals surface area contributed by atoms with Crippen molar-refractivity contribution in [2.45, 2.75) is 26.7 Å². The molecule has 1 heterocycles. The number of hydrogen-bond acceptors (Lipinski definition) is 3. The molecule has 0 fully saturated rings. The van der Waals surface area contributed by atoms with Gasteiger partial charge in [0, 0.05) is 19.8 Å². The van der Waals surface area contributed by atoms with E-state index in [-0.39, 0.29) is 11.8 Å². The second-order valence-electron chi connectivity index (χ2n) is 4.44. The van der Waals surface area contributed by atoms with Crippen molar-refractivity contribution in [2.75, 3.05) is 6.54 Å². The van der Waals surface area contributed by atoms with Gasteiger partial charge in [-0.2, -0.15) is 5.10 Å². The predicted octanol–water partition coefficient (Wildman–Crippen LogP) is 0.959. The van der Waals surface area contributed by atoms with Crippen LogP contribution in [0.1, 0.15) is 35.8 Å². The van der Waals surface area contributed by atoms with E-state index in [1.165, 1.54) is 0 Å². The van der Waals surface area contributed by atoms with Gasteiger partial charge in [0.05, 0.1) is 17.2 Å². The molecule has 1 aromatic heterocycles. The van der Waals surface area contributed by atoms with E-state index in [9.17, 15) is 9.59 Å². The van der Waals surface area contributed by atoms with Gasteiger partial charge in [0.15, 0.2) is 0 Å². The van der Waals surface area contributed by atoms with Crippen LogP contribution >= 0.6 is 0 Å². The summed E-state index contributed by atoms with van der Waals surface area (Å²) in [7, 11) is 1.76. The van der Waals surface area contributed by atoms with E-state index in [0.717, 1.165) is 0 Å². The fraction of sp³-hybridized carbons (Fsp3) is 0.583. The van der Waals surface area contributed by atoms with Crippen LogP contribution in [0.15, 0.2) is 6.20 Å². The van der Waals surface area contributed by atoms with Crippen molar-refractivity contribution in [3.63, 3.8) is 0 Å². The van der Waals surface area contributed by atoms with Crippen LogP contribution in [0, 0.1) is 12.8 Å². The lowest BCUT2D eigenvalue weighted by molar-refractivity contribution is -0.141. The first-order valence-corrected chi connectivity index (χ1v) is 5.93. The summed E-state index contributed by atoms with van der Waals surface area (Å²) in [5.74, 6) is -1.34. The Kier molecular flexibility index (Phi) is 4.88. The molecule has 18 heavy (non-hydrogen) atoms. The molecule has 0 bridgehead atoms. The van der Waals surface area contributed by atoms with E-state index >= 15 is 0 Å². The summed E-state index contributed by atoms with van der Waals surface area (Å²) in [5.41, 5.74) is 1.25. The average Bonchev–Trinajstić information content (AvgIpc) is 2.63. The van der Waals surface area contributed by atoms with Crippen molar-refractivity contribution in [1.29, 1.82) is 0 Å². The quantitative estimate of drug-likeness (QED) is 0.739. The summed E-state index contributed by atoms with van der Waals surface area (Å²) in [6, 6.07) is 0. The first kappa shape index (κ1) is 14.2. The monoisotopic (exact) mass is 253 g/mol. The van der Waals surface area contributed by atoms with Gasteiger partial charge < -0.3 is 10.4 Å². The van der Waals surface area contributed by atoms with Gasteiger partial charge in [0.2, 0.25) is 0 Å². The predicted molar refractivity (Wildman–Crippen MR) is 66.3 cm³/mol. The Hall–Kier alpha value is -1.85. The van der Waals surface area contributed by atoms with Gasteiger partial charge >= 0.3 is 5.97 Å². The summed E-state index contributed by atoms with van der Waals surface area (Å²) in [6.07, 6.45) is 2.88. The first-order chi connectivity index (χ1) is 8.41. The molecule has 6 nitrogen and oxygen atoms in total. The first-order valence-electron chi connectivity index (χ1n) is 5.93. The van der Waals surface area contributed by atoms with Crippen LogP contribution in [-0.2, 0) is 11.8 Å². The zero-order chi connectivity index (χ0) is 13.7. The molecular weight excluding hydrogens is 234 g/mol. The Balaban J connectivity index is 2.34. The topological polar surface area (TPSA) is 84.2 Å². The van der Waals surface area contributed by atoms with E-state index in [0.29, 0.717) is 30.6 Å². The molecular formula is C12H19N3O3. The van der Waals surface area contributed by atoms with Crippen LogP contribution < -0.4 is 5.32 Å². The number of nitrogens with one attached hydrogen (secondary N) is 1. The van der Waals surface area contributed by atoms with Gasteiger partial charge in [0.25, 0.3) is 5.91 Å². The van der Waals surface area contributed by atoms with E-state index in [2.05, 4.69) is 10.4 Å². The van der Waals surface area contributed by atoms with Crippen LogP contribution in [-0.4, -0.2) is 33.3 Å². The number of hydrogen-bond donors (Lipinski definition) is 2. The Morgan fingerprint density at radius 1 is 1.56 bits per heavy atom. The second kappa shape index (κ2) is 6.18. The van der Waals surface area contributed by atoms with E-state index in [4.69, 9.17) is 5.11 Å². The second-order valence-corrected chi connectivity index (χ2v) is 4.44. The summed E-state index contributed by atoms with van der Waals surface area (Å²) in [5, 5.41) is 15.6. The molecule has 0 aliphatic carbocycles. The molecule has 1 aromatic rings. The molecule has 0 saturated heterocycles. The minimum atomic E-state index is -0.801. The van der Waals surface area contributed by atoms with Crippen molar-refractivity contribution in [3.05, 3.63) is 17.5 Å². The number of rotatable bonds is 6. The Labute approximate surface area is 106 Å². The highest BCUT2D eigenvalue weighted by atomic mass is 16.4. The fourth-order valence-electron chi connectivity index (χ4n) is 1.65. The summed E-state index contributed by atoms with van der Waals surface area (Å²) >= 11 is 0. The number of carboxylic acid groups (broad SMARTS) is 1. The number of aryl methyl sites for hydroxylation is 2. The number of aromatic nitrogens is 2. The molecule has 6 heteroatoms. The zero-order valence-corrected chi connectivity index (χ0v) is 10.9. The highest BCUT2D eigenvalue weighted by molar-refractivity contribution is 5.94. The molecule has 0 spiro atoms. The third-order valence-electron chi connectivity index (χ3n) is 2.78. The number of nitrogens with zero attached hydrogens (tertiary/aromatic N) is 2. The maximum Gasteiger partial charge on any atom is 0.306 e. The number of carboxylic acids is 1. The van der Waals surface area contributed by atoms with Crippen molar-refractivity contribution in [3.8, 4) is 0 Å². The minimum Gasteiger partial charge on any atom is -0.481 e. The smallest absolute Gasteiger partial charge is 0.306 e. The van der Waals surface area contributed by atoms with Crippen LogP contribution in [0.5, 0.6) is 0 Å². The third kappa shape index (κ3) is 3.87. The van der Waals surface area contributed by atoms with Crippen molar-refractivity contribution in [2.24, 2.45) is 13.0 Å². The van der Waals surface area contributed by atoms with E-state index in [1.807, 2.05) is 0 Å².